The zero-order valence-corrected chi connectivity index (χ0v) is 14.5. The molecule has 1 aromatic heterocycles. The van der Waals surface area contributed by atoms with Crippen LogP contribution in [-0.4, -0.2) is 19.1 Å². The molecule has 0 unspecified atom stereocenters. The first-order valence-corrected chi connectivity index (χ1v) is 9.05. The Morgan fingerprint density at radius 1 is 1.17 bits per heavy atom. The maximum Gasteiger partial charge on any atom is 0.261 e. The molecule has 1 heterocycles. The van der Waals surface area contributed by atoms with Gasteiger partial charge < -0.3 is 10.1 Å². The summed E-state index contributed by atoms with van der Waals surface area (Å²) in [6.45, 7) is 2.07. The van der Waals surface area contributed by atoms with Crippen LogP contribution in [0.3, 0.4) is 0 Å². The van der Waals surface area contributed by atoms with E-state index < -0.39 is 0 Å². The maximum absolute atomic E-state index is 12.5. The fourth-order valence-corrected chi connectivity index (χ4v) is 4.10. The van der Waals surface area contributed by atoms with E-state index in [9.17, 15) is 4.79 Å². The molecule has 0 spiro atoms. The van der Waals surface area contributed by atoms with E-state index in [-0.39, 0.29) is 5.91 Å². The van der Waals surface area contributed by atoms with Crippen LogP contribution in [0.1, 0.15) is 46.7 Å². The zero-order valence-electron chi connectivity index (χ0n) is 13.7. The lowest BCUT2D eigenvalue weighted by Crippen LogP contribution is -2.35. The summed E-state index contributed by atoms with van der Waals surface area (Å²) in [5.41, 5.74) is 2.25. The van der Waals surface area contributed by atoms with Gasteiger partial charge in [0.2, 0.25) is 0 Å². The van der Waals surface area contributed by atoms with Gasteiger partial charge in [0.05, 0.1) is 12.0 Å². The van der Waals surface area contributed by atoms with Crippen LogP contribution in [0.25, 0.3) is 11.1 Å². The van der Waals surface area contributed by atoms with Crippen molar-refractivity contribution < 1.29 is 9.53 Å². The van der Waals surface area contributed by atoms with Crippen molar-refractivity contribution in [3.8, 4) is 16.9 Å². The number of benzene rings is 1. The lowest BCUT2D eigenvalue weighted by atomic mass is 9.95. The van der Waals surface area contributed by atoms with E-state index in [4.69, 9.17) is 4.74 Å². The number of ether oxygens (including phenoxy) is 1. The van der Waals surface area contributed by atoms with Crippen LogP contribution >= 0.6 is 11.3 Å². The van der Waals surface area contributed by atoms with Gasteiger partial charge in [0.25, 0.3) is 5.91 Å². The molecule has 1 aromatic carbocycles. The van der Waals surface area contributed by atoms with Crippen molar-refractivity contribution in [1.29, 1.82) is 0 Å². The molecule has 0 atom stereocenters. The molecule has 1 amide bonds. The van der Waals surface area contributed by atoms with Crippen molar-refractivity contribution in [1.82, 2.24) is 5.32 Å². The second kappa shape index (κ2) is 7.18. The number of carbonyl (C=O) groups is 1. The molecule has 1 N–H and O–H groups in total. The molecular weight excluding hydrogens is 306 g/mol. The number of methoxy groups -OCH3 is 1. The van der Waals surface area contributed by atoms with Crippen molar-refractivity contribution in [2.75, 3.05) is 7.11 Å². The Morgan fingerprint density at radius 2 is 1.87 bits per heavy atom. The van der Waals surface area contributed by atoms with Crippen LogP contribution in [0.5, 0.6) is 5.75 Å². The van der Waals surface area contributed by atoms with Gasteiger partial charge in [0.1, 0.15) is 5.75 Å². The predicted octanol–water partition coefficient (Wildman–Crippen LogP) is 4.79. The number of hydrogen-bond donors (Lipinski definition) is 1. The predicted molar refractivity (Wildman–Crippen MR) is 95.4 cm³/mol. The lowest BCUT2D eigenvalue weighted by molar-refractivity contribution is 0.0932. The smallest absolute Gasteiger partial charge is 0.261 e. The van der Waals surface area contributed by atoms with E-state index in [1.165, 1.54) is 24.1 Å². The quantitative estimate of drug-likeness (QED) is 0.875. The summed E-state index contributed by atoms with van der Waals surface area (Å²) in [6, 6.07) is 10.3. The summed E-state index contributed by atoms with van der Waals surface area (Å²) in [5, 5.41) is 3.20. The van der Waals surface area contributed by atoms with Crippen molar-refractivity contribution >= 4 is 17.2 Å². The minimum atomic E-state index is 0.0739. The molecule has 0 saturated heterocycles. The van der Waals surface area contributed by atoms with Gasteiger partial charge in [-0.2, -0.15) is 0 Å². The third-order valence-electron chi connectivity index (χ3n) is 4.48. The van der Waals surface area contributed by atoms with Gasteiger partial charge in [-0.15, -0.1) is 11.3 Å². The third-order valence-corrected chi connectivity index (χ3v) is 5.53. The number of nitrogens with one attached hydrogen (secondary N) is 1. The molecule has 2 aromatic rings. The molecule has 1 aliphatic carbocycles. The summed E-state index contributed by atoms with van der Waals surface area (Å²) < 4.78 is 5.20. The van der Waals surface area contributed by atoms with Crippen LogP contribution in [0.4, 0.5) is 0 Å². The van der Waals surface area contributed by atoms with Gasteiger partial charge in [-0.3, -0.25) is 4.79 Å². The zero-order chi connectivity index (χ0) is 16.2. The van der Waals surface area contributed by atoms with Gasteiger partial charge >= 0.3 is 0 Å². The van der Waals surface area contributed by atoms with Crippen molar-refractivity contribution in [2.45, 2.75) is 45.1 Å². The first kappa shape index (κ1) is 16.1. The van der Waals surface area contributed by atoms with Gasteiger partial charge in [-0.05, 0) is 49.1 Å². The number of rotatable bonds is 4. The highest BCUT2D eigenvalue weighted by atomic mass is 32.1. The molecule has 3 rings (SSSR count). The van der Waals surface area contributed by atoms with Crippen LogP contribution < -0.4 is 10.1 Å². The van der Waals surface area contributed by atoms with E-state index in [2.05, 4.69) is 12.2 Å². The number of aryl methyl sites for hydroxylation is 1. The van der Waals surface area contributed by atoms with Gasteiger partial charge in [-0.1, -0.05) is 31.4 Å². The summed E-state index contributed by atoms with van der Waals surface area (Å²) in [7, 11) is 1.67. The molecule has 1 saturated carbocycles. The van der Waals surface area contributed by atoms with Crippen molar-refractivity contribution in [3.05, 3.63) is 40.1 Å². The number of carbonyl (C=O) groups excluding carboxylic acids is 1. The highest BCUT2D eigenvalue weighted by molar-refractivity contribution is 7.14. The molecule has 3 nitrogen and oxygen atoms in total. The standard InChI is InChI=1S/C19H23NO2S/c1-13-17(14-8-10-16(22-2)11-9-14)12-18(23-13)19(21)20-15-6-4-3-5-7-15/h8-12,15H,3-7H2,1-2H3,(H,20,21). The normalized spacial score (nSPS) is 15.4. The second-order valence-corrected chi connectivity index (χ2v) is 7.37. The Labute approximate surface area is 141 Å². The molecule has 0 radical (unpaired) electrons. The first-order valence-electron chi connectivity index (χ1n) is 8.23. The van der Waals surface area contributed by atoms with Crippen LogP contribution in [0, 0.1) is 6.92 Å². The van der Waals surface area contributed by atoms with Crippen LogP contribution in [0.2, 0.25) is 0 Å². The Hall–Kier alpha value is -1.81. The second-order valence-electron chi connectivity index (χ2n) is 6.12. The summed E-state index contributed by atoms with van der Waals surface area (Å²) >= 11 is 1.57. The van der Waals surface area contributed by atoms with E-state index in [0.29, 0.717) is 6.04 Å². The Morgan fingerprint density at radius 3 is 2.52 bits per heavy atom. The van der Waals surface area contributed by atoms with E-state index >= 15 is 0 Å². The lowest BCUT2D eigenvalue weighted by Gasteiger charge is -2.22. The van der Waals surface area contributed by atoms with E-state index in [1.807, 2.05) is 30.3 Å². The average molecular weight is 329 g/mol. The van der Waals surface area contributed by atoms with Gasteiger partial charge in [-0.25, -0.2) is 0 Å². The molecule has 0 aliphatic heterocycles. The molecule has 0 bridgehead atoms. The topological polar surface area (TPSA) is 38.3 Å². The molecule has 1 aliphatic rings. The average Bonchev–Trinajstić information content (AvgIpc) is 2.98. The summed E-state index contributed by atoms with van der Waals surface area (Å²) in [5.74, 6) is 0.918. The van der Waals surface area contributed by atoms with Crippen LogP contribution in [0.15, 0.2) is 30.3 Å². The third kappa shape index (κ3) is 3.75. The largest absolute Gasteiger partial charge is 0.497 e. The first-order chi connectivity index (χ1) is 11.2. The Bertz CT molecular complexity index is 669. The van der Waals surface area contributed by atoms with E-state index in [0.717, 1.165) is 34.6 Å². The van der Waals surface area contributed by atoms with Crippen molar-refractivity contribution in [2.24, 2.45) is 0 Å². The fourth-order valence-electron chi connectivity index (χ4n) is 3.15. The molecular formula is C19H23NO2S. The van der Waals surface area contributed by atoms with Gasteiger partial charge in [0, 0.05) is 10.9 Å². The molecule has 1 fully saturated rings. The number of thiophene rings is 1. The molecule has 122 valence electrons. The van der Waals surface area contributed by atoms with Crippen molar-refractivity contribution in [3.63, 3.8) is 0 Å². The highest BCUT2D eigenvalue weighted by Crippen LogP contribution is 2.32. The Kier molecular flexibility index (Phi) is 5.01. The minimum absolute atomic E-state index is 0.0739. The fraction of sp³-hybridized carbons (Fsp3) is 0.421. The van der Waals surface area contributed by atoms with Gasteiger partial charge in [0.15, 0.2) is 0 Å². The number of amides is 1. The van der Waals surface area contributed by atoms with E-state index in [1.54, 1.807) is 18.4 Å². The SMILES string of the molecule is COc1ccc(-c2cc(C(=O)NC3CCCCC3)sc2C)cc1. The Balaban J connectivity index is 1.75. The molecule has 4 heteroatoms. The highest BCUT2D eigenvalue weighted by Gasteiger charge is 2.19. The molecule has 23 heavy (non-hydrogen) atoms. The monoisotopic (exact) mass is 329 g/mol. The summed E-state index contributed by atoms with van der Waals surface area (Å²) in [6.07, 6.45) is 5.98. The minimum Gasteiger partial charge on any atom is -0.497 e. The summed E-state index contributed by atoms with van der Waals surface area (Å²) in [4.78, 5) is 14.5. The number of hydrogen-bond acceptors (Lipinski definition) is 3. The maximum atomic E-state index is 12.5. The van der Waals surface area contributed by atoms with Crippen LogP contribution in [-0.2, 0) is 0 Å².